The fourth-order valence-corrected chi connectivity index (χ4v) is 2.48. The fraction of sp³-hybridized carbons (Fsp3) is 0.353. The molecular weight excluding hydrogens is 491 g/mol. The molecule has 1 aromatic heterocycles. The number of hydrogen-bond donors (Lipinski definition) is 1. The van der Waals surface area contributed by atoms with Crippen LogP contribution in [0.2, 0.25) is 0 Å². The third kappa shape index (κ3) is 7.71. The van der Waals surface area contributed by atoms with Gasteiger partial charge in [-0.05, 0) is 36.6 Å². The van der Waals surface area contributed by atoms with Gasteiger partial charge in [0.15, 0.2) is 17.5 Å². The van der Waals surface area contributed by atoms with E-state index in [1.165, 1.54) is 0 Å². The number of ether oxygens (including phenoxy) is 1. The van der Waals surface area contributed by atoms with Crippen molar-refractivity contribution in [3.8, 4) is 5.75 Å². The van der Waals surface area contributed by atoms with Crippen LogP contribution in [0.5, 0.6) is 5.75 Å². The Morgan fingerprint density at radius 3 is 1.89 bits per heavy atom. The summed E-state index contributed by atoms with van der Waals surface area (Å²) < 4.78 is 1.78. The van der Waals surface area contributed by atoms with Gasteiger partial charge in [0.05, 0.1) is 6.61 Å². The van der Waals surface area contributed by atoms with Crippen LogP contribution in [-0.4, -0.2) is 33.3 Å². The highest BCUT2D eigenvalue weighted by Gasteiger charge is 2.33. The Morgan fingerprint density at radius 1 is 0.821 bits per heavy atom. The number of hydrogen-bond acceptors (Lipinski definition) is 5. The number of aliphatic hydroxyl groups excluding tert-OH is 1. The molecule has 0 aliphatic heterocycles. The largest absolute Gasteiger partial charge is 0.494 e. The van der Waals surface area contributed by atoms with Gasteiger partial charge in [0.25, 0.3) is 0 Å². The molecule has 0 radical (unpaired) electrons. The maximum atomic E-state index is 8.75. The lowest BCUT2D eigenvalue weighted by atomic mass is 10.2. The molecule has 0 saturated heterocycles. The number of benzene rings is 1. The summed E-state index contributed by atoms with van der Waals surface area (Å²) in [6.07, 6.45) is 4.82. The van der Waals surface area contributed by atoms with Gasteiger partial charge in [-0.3, -0.25) is 0 Å². The standard InChI is InChI=1S/C17H15Cl6N3O2/c18-16(19,20)14-24-13(25-15(26-14)17(21,22)23)8-5-11-3-6-12(7-4-11)28-10-2-1-9-27/h3-8,27H,1-2,9-10H2. The smallest absolute Gasteiger partial charge is 0.250 e. The quantitative estimate of drug-likeness (QED) is 0.378. The fourth-order valence-electron chi connectivity index (χ4n) is 1.97. The molecule has 5 nitrogen and oxygen atoms in total. The Labute approximate surface area is 192 Å². The molecule has 0 bridgehead atoms. The highest BCUT2D eigenvalue weighted by atomic mass is 35.6. The number of aromatic nitrogens is 3. The van der Waals surface area contributed by atoms with Crippen molar-refractivity contribution >= 4 is 81.8 Å². The second-order valence-corrected chi connectivity index (χ2v) is 10.1. The predicted octanol–water partition coefficient (Wildman–Crippen LogP) is 5.85. The number of halogens is 6. The molecule has 0 amide bonds. The molecule has 0 saturated carbocycles. The van der Waals surface area contributed by atoms with E-state index in [0.29, 0.717) is 13.0 Å². The Hall–Kier alpha value is -0.530. The molecule has 2 rings (SSSR count). The second-order valence-electron chi connectivity index (χ2n) is 5.52. The Balaban J connectivity index is 2.16. The normalized spacial score (nSPS) is 12.5. The Bertz CT molecular complexity index is 772. The summed E-state index contributed by atoms with van der Waals surface area (Å²) in [4.78, 5) is 12.1. The molecule has 1 heterocycles. The van der Waals surface area contributed by atoms with Gasteiger partial charge < -0.3 is 9.84 Å². The lowest BCUT2D eigenvalue weighted by Crippen LogP contribution is -2.16. The van der Waals surface area contributed by atoms with Gasteiger partial charge in [-0.25, -0.2) is 15.0 Å². The second kappa shape index (κ2) is 10.5. The van der Waals surface area contributed by atoms with Crippen LogP contribution >= 0.6 is 69.6 Å². The molecule has 0 spiro atoms. The van der Waals surface area contributed by atoms with Crippen molar-refractivity contribution < 1.29 is 9.84 Å². The van der Waals surface area contributed by atoms with E-state index >= 15 is 0 Å². The Morgan fingerprint density at radius 2 is 1.39 bits per heavy atom. The number of rotatable bonds is 7. The van der Waals surface area contributed by atoms with Crippen molar-refractivity contribution in [1.29, 1.82) is 0 Å². The summed E-state index contributed by atoms with van der Waals surface area (Å²) >= 11 is 35.1. The zero-order valence-corrected chi connectivity index (χ0v) is 18.8. The first-order valence-electron chi connectivity index (χ1n) is 8.02. The van der Waals surface area contributed by atoms with E-state index in [2.05, 4.69) is 15.0 Å². The van der Waals surface area contributed by atoms with Gasteiger partial charge in [0, 0.05) is 6.61 Å². The van der Waals surface area contributed by atoms with Gasteiger partial charge in [-0.15, -0.1) is 0 Å². The van der Waals surface area contributed by atoms with Gasteiger partial charge in [0.1, 0.15) is 5.75 Å². The molecule has 2 aromatic rings. The number of nitrogens with zero attached hydrogens (tertiary/aromatic N) is 3. The van der Waals surface area contributed by atoms with Crippen molar-refractivity contribution in [3.05, 3.63) is 47.3 Å². The summed E-state index contributed by atoms with van der Waals surface area (Å²) in [6, 6.07) is 7.35. The minimum absolute atomic E-state index is 0.153. The van der Waals surface area contributed by atoms with Gasteiger partial charge in [-0.1, -0.05) is 87.8 Å². The third-order valence-electron chi connectivity index (χ3n) is 3.29. The number of aliphatic hydroxyl groups is 1. The van der Waals surface area contributed by atoms with Crippen LogP contribution in [0.1, 0.15) is 35.9 Å². The molecule has 11 heteroatoms. The van der Waals surface area contributed by atoms with Crippen molar-refractivity contribution in [1.82, 2.24) is 15.0 Å². The zero-order chi connectivity index (χ0) is 20.8. The third-order valence-corrected chi connectivity index (χ3v) is 4.30. The monoisotopic (exact) mass is 503 g/mol. The van der Waals surface area contributed by atoms with Crippen molar-refractivity contribution in [2.75, 3.05) is 13.2 Å². The van der Waals surface area contributed by atoms with Crippen LogP contribution in [0, 0.1) is 0 Å². The highest BCUT2D eigenvalue weighted by Crippen LogP contribution is 2.39. The maximum absolute atomic E-state index is 8.75. The molecular formula is C17H15Cl6N3O2. The SMILES string of the molecule is OCCCCOc1ccc(C=Cc2nc(C(Cl)(Cl)Cl)nc(C(Cl)(Cl)Cl)n2)cc1. The first kappa shape index (κ1) is 23.7. The van der Waals surface area contributed by atoms with E-state index in [-0.39, 0.29) is 24.1 Å². The summed E-state index contributed by atoms with van der Waals surface area (Å²) in [5.74, 6) is 0.592. The van der Waals surface area contributed by atoms with Crippen LogP contribution in [-0.2, 0) is 7.59 Å². The van der Waals surface area contributed by atoms with Crippen LogP contribution in [0.4, 0.5) is 0 Å². The minimum atomic E-state index is -1.90. The van der Waals surface area contributed by atoms with Crippen LogP contribution in [0.3, 0.4) is 0 Å². The molecule has 0 aliphatic rings. The summed E-state index contributed by atoms with van der Waals surface area (Å²) in [5.41, 5.74) is 0.856. The lowest BCUT2D eigenvalue weighted by molar-refractivity contribution is 0.253. The predicted molar refractivity (Wildman–Crippen MR) is 115 cm³/mol. The molecule has 0 unspecified atom stereocenters. The summed E-state index contributed by atoms with van der Waals surface area (Å²) in [6.45, 7) is 0.699. The molecule has 1 aromatic carbocycles. The average molecular weight is 506 g/mol. The first-order chi connectivity index (χ1) is 13.1. The van der Waals surface area contributed by atoms with E-state index in [4.69, 9.17) is 79.4 Å². The molecule has 0 aliphatic carbocycles. The van der Waals surface area contributed by atoms with E-state index in [0.717, 1.165) is 17.7 Å². The van der Waals surface area contributed by atoms with E-state index < -0.39 is 7.59 Å². The van der Waals surface area contributed by atoms with E-state index in [1.54, 1.807) is 12.2 Å². The van der Waals surface area contributed by atoms with E-state index in [1.807, 2.05) is 24.3 Å². The van der Waals surface area contributed by atoms with Gasteiger partial charge in [0.2, 0.25) is 7.59 Å². The van der Waals surface area contributed by atoms with Crippen molar-refractivity contribution in [3.63, 3.8) is 0 Å². The molecule has 0 fully saturated rings. The molecule has 152 valence electrons. The van der Waals surface area contributed by atoms with Crippen LogP contribution in [0.15, 0.2) is 24.3 Å². The molecule has 0 atom stereocenters. The van der Waals surface area contributed by atoms with Crippen LogP contribution < -0.4 is 4.74 Å². The minimum Gasteiger partial charge on any atom is -0.494 e. The highest BCUT2D eigenvalue weighted by molar-refractivity contribution is 6.67. The maximum Gasteiger partial charge on any atom is 0.250 e. The lowest BCUT2D eigenvalue weighted by Gasteiger charge is -2.14. The van der Waals surface area contributed by atoms with Gasteiger partial charge >= 0.3 is 0 Å². The first-order valence-corrected chi connectivity index (χ1v) is 10.3. The molecule has 28 heavy (non-hydrogen) atoms. The van der Waals surface area contributed by atoms with Crippen molar-refractivity contribution in [2.45, 2.75) is 20.4 Å². The van der Waals surface area contributed by atoms with E-state index in [9.17, 15) is 0 Å². The molecule has 1 N–H and O–H groups in total. The summed E-state index contributed by atoms with van der Waals surface area (Å²) in [7, 11) is 0. The zero-order valence-electron chi connectivity index (χ0n) is 14.3. The topological polar surface area (TPSA) is 68.1 Å². The Kier molecular flexibility index (Phi) is 8.89. The average Bonchev–Trinajstić information content (AvgIpc) is 2.63. The van der Waals surface area contributed by atoms with Crippen molar-refractivity contribution in [2.24, 2.45) is 0 Å². The number of alkyl halides is 6. The van der Waals surface area contributed by atoms with Crippen LogP contribution in [0.25, 0.3) is 12.2 Å². The summed E-state index contributed by atoms with van der Waals surface area (Å²) in [5, 5.41) is 8.75. The number of unbranched alkanes of at least 4 members (excludes halogenated alkanes) is 1. The van der Waals surface area contributed by atoms with Gasteiger partial charge in [-0.2, -0.15) is 0 Å².